The second-order valence-corrected chi connectivity index (χ2v) is 4.66. The molecule has 13 heavy (non-hydrogen) atoms. The third-order valence-corrected chi connectivity index (χ3v) is 3.12. The fraction of sp³-hybridized carbons (Fsp3) is 0.818. The molecule has 0 heterocycles. The first-order chi connectivity index (χ1) is 5.98. The van der Waals surface area contributed by atoms with Crippen molar-refractivity contribution >= 4 is 5.78 Å². The fourth-order valence-corrected chi connectivity index (χ4v) is 2.23. The van der Waals surface area contributed by atoms with Gasteiger partial charge in [0.15, 0.2) is 5.78 Å². The van der Waals surface area contributed by atoms with Gasteiger partial charge in [-0.25, -0.2) is 0 Å². The van der Waals surface area contributed by atoms with Crippen LogP contribution in [0.15, 0.2) is 0 Å². The normalized spacial score (nSPS) is 31.7. The van der Waals surface area contributed by atoms with Gasteiger partial charge in [0.05, 0.1) is 6.07 Å². The third kappa shape index (κ3) is 1.48. The molecule has 1 unspecified atom stereocenters. The molecule has 2 heteroatoms. The highest BCUT2D eigenvalue weighted by Gasteiger charge is 2.51. The van der Waals surface area contributed by atoms with E-state index < -0.39 is 5.41 Å². The Bertz CT molecular complexity index is 262. The van der Waals surface area contributed by atoms with Crippen molar-refractivity contribution in [3.05, 3.63) is 0 Å². The molecule has 0 aromatic rings. The second kappa shape index (κ2) is 3.14. The van der Waals surface area contributed by atoms with Crippen LogP contribution in [-0.4, -0.2) is 5.78 Å². The van der Waals surface area contributed by atoms with Gasteiger partial charge in [0.1, 0.15) is 5.41 Å². The summed E-state index contributed by atoms with van der Waals surface area (Å²) < 4.78 is 0. The summed E-state index contributed by atoms with van der Waals surface area (Å²) in [5.74, 6) is 0.157. The molecule has 1 atom stereocenters. The van der Waals surface area contributed by atoms with Gasteiger partial charge >= 0.3 is 0 Å². The van der Waals surface area contributed by atoms with Gasteiger partial charge in [-0.2, -0.15) is 5.26 Å². The van der Waals surface area contributed by atoms with E-state index in [9.17, 15) is 4.79 Å². The Morgan fingerprint density at radius 2 is 2.08 bits per heavy atom. The highest BCUT2D eigenvalue weighted by Crippen LogP contribution is 2.47. The lowest BCUT2D eigenvalue weighted by atomic mass is 9.78. The number of carbonyl (C=O) groups is 1. The van der Waals surface area contributed by atoms with Gasteiger partial charge in [0.2, 0.25) is 0 Å². The van der Waals surface area contributed by atoms with Crippen LogP contribution >= 0.6 is 0 Å². The minimum absolute atomic E-state index is 0.157. The molecule has 1 aliphatic rings. The van der Waals surface area contributed by atoms with E-state index in [-0.39, 0.29) is 11.2 Å². The summed E-state index contributed by atoms with van der Waals surface area (Å²) in [6.45, 7) is 5.92. The molecule has 0 bridgehead atoms. The van der Waals surface area contributed by atoms with Gasteiger partial charge in [0.25, 0.3) is 0 Å². The number of Topliss-reactive ketones (excluding diaryl/α,β-unsaturated/α-hetero) is 1. The zero-order valence-electron chi connectivity index (χ0n) is 8.68. The smallest absolute Gasteiger partial charge is 0.158 e. The largest absolute Gasteiger partial charge is 0.297 e. The van der Waals surface area contributed by atoms with E-state index in [0.29, 0.717) is 0 Å². The maximum atomic E-state index is 11.9. The van der Waals surface area contributed by atoms with E-state index >= 15 is 0 Å². The number of carbonyl (C=O) groups excluding carboxylic acids is 1. The van der Waals surface area contributed by atoms with Crippen molar-refractivity contribution < 1.29 is 4.79 Å². The Kier molecular flexibility index (Phi) is 2.47. The molecule has 1 aliphatic carbocycles. The van der Waals surface area contributed by atoms with Gasteiger partial charge in [-0.15, -0.1) is 0 Å². The Labute approximate surface area is 79.9 Å². The number of rotatable bonds is 2. The predicted octanol–water partition coefficient (Wildman–Crippen LogP) is 2.69. The zero-order chi connectivity index (χ0) is 10.1. The van der Waals surface area contributed by atoms with Crippen LogP contribution in [-0.2, 0) is 4.79 Å². The first kappa shape index (κ1) is 10.2. The molecule has 0 aromatic heterocycles. The quantitative estimate of drug-likeness (QED) is 0.654. The second-order valence-electron chi connectivity index (χ2n) is 4.66. The van der Waals surface area contributed by atoms with Gasteiger partial charge < -0.3 is 0 Å². The van der Waals surface area contributed by atoms with Crippen LogP contribution in [0.3, 0.4) is 0 Å². The van der Waals surface area contributed by atoms with E-state index in [1.807, 2.05) is 20.8 Å². The molecule has 1 fully saturated rings. The average molecular weight is 179 g/mol. The maximum absolute atomic E-state index is 11.9. The van der Waals surface area contributed by atoms with Crippen molar-refractivity contribution in [3.8, 4) is 6.07 Å². The molecule has 1 saturated carbocycles. The highest BCUT2D eigenvalue weighted by molar-refractivity contribution is 5.94. The average Bonchev–Trinajstić information content (AvgIpc) is 2.31. The Morgan fingerprint density at radius 1 is 1.46 bits per heavy atom. The molecule has 2 nitrogen and oxygen atoms in total. The van der Waals surface area contributed by atoms with Crippen molar-refractivity contribution in [2.75, 3.05) is 0 Å². The lowest BCUT2D eigenvalue weighted by molar-refractivity contribution is -0.130. The molecule has 1 rings (SSSR count). The van der Waals surface area contributed by atoms with Gasteiger partial charge in [-0.3, -0.25) is 4.79 Å². The van der Waals surface area contributed by atoms with Crippen LogP contribution in [0, 0.1) is 22.2 Å². The van der Waals surface area contributed by atoms with Crippen LogP contribution in [0.5, 0.6) is 0 Å². The van der Waals surface area contributed by atoms with Crippen molar-refractivity contribution in [3.63, 3.8) is 0 Å². The minimum atomic E-state index is -0.655. The topological polar surface area (TPSA) is 40.9 Å². The zero-order valence-corrected chi connectivity index (χ0v) is 8.68. The summed E-state index contributed by atoms with van der Waals surface area (Å²) in [4.78, 5) is 11.9. The van der Waals surface area contributed by atoms with Gasteiger partial charge in [-0.05, 0) is 19.3 Å². The number of hydrogen-bond acceptors (Lipinski definition) is 2. The van der Waals surface area contributed by atoms with Crippen molar-refractivity contribution in [2.24, 2.45) is 10.8 Å². The lowest BCUT2D eigenvalue weighted by Crippen LogP contribution is -2.30. The summed E-state index contributed by atoms with van der Waals surface area (Å²) in [6, 6.07) is 2.23. The van der Waals surface area contributed by atoms with Crippen molar-refractivity contribution in [1.29, 1.82) is 5.26 Å². The van der Waals surface area contributed by atoms with E-state index in [4.69, 9.17) is 5.26 Å². The standard InChI is InChI=1S/C11H17NO/c1-4-5-11(8-12)7-6-10(2,3)9(11)13/h4-7H2,1-3H3. The van der Waals surface area contributed by atoms with Crippen molar-refractivity contribution in [1.82, 2.24) is 0 Å². The van der Waals surface area contributed by atoms with Crippen LogP contribution in [0.2, 0.25) is 0 Å². The SMILES string of the molecule is CCCC1(C#N)CCC(C)(C)C1=O. The summed E-state index contributed by atoms with van der Waals surface area (Å²) in [5, 5.41) is 9.08. The molecular formula is C11H17NO. The van der Waals surface area contributed by atoms with E-state index in [2.05, 4.69) is 6.07 Å². The molecule has 0 saturated heterocycles. The number of nitrogens with zero attached hydrogens (tertiary/aromatic N) is 1. The molecule has 0 spiro atoms. The minimum Gasteiger partial charge on any atom is -0.297 e. The molecule has 0 amide bonds. The van der Waals surface area contributed by atoms with E-state index in [0.717, 1.165) is 25.7 Å². The van der Waals surface area contributed by atoms with Crippen LogP contribution in [0.4, 0.5) is 0 Å². The first-order valence-electron chi connectivity index (χ1n) is 4.95. The number of ketones is 1. The number of nitriles is 1. The number of hydrogen-bond donors (Lipinski definition) is 0. The third-order valence-electron chi connectivity index (χ3n) is 3.12. The first-order valence-corrected chi connectivity index (χ1v) is 4.95. The summed E-state index contributed by atoms with van der Waals surface area (Å²) in [6.07, 6.45) is 3.25. The predicted molar refractivity (Wildman–Crippen MR) is 51.0 cm³/mol. The summed E-state index contributed by atoms with van der Waals surface area (Å²) in [7, 11) is 0. The van der Waals surface area contributed by atoms with E-state index in [1.54, 1.807) is 0 Å². The molecule has 0 aliphatic heterocycles. The molecule has 0 radical (unpaired) electrons. The Morgan fingerprint density at radius 3 is 2.38 bits per heavy atom. The highest BCUT2D eigenvalue weighted by atomic mass is 16.1. The Balaban J connectivity index is 2.94. The van der Waals surface area contributed by atoms with Crippen molar-refractivity contribution in [2.45, 2.75) is 46.5 Å². The van der Waals surface area contributed by atoms with Crippen LogP contribution < -0.4 is 0 Å². The maximum Gasteiger partial charge on any atom is 0.158 e. The van der Waals surface area contributed by atoms with Gasteiger partial charge in [-0.1, -0.05) is 27.2 Å². The Hall–Kier alpha value is -0.840. The molecule has 0 aromatic carbocycles. The summed E-state index contributed by atoms with van der Waals surface area (Å²) in [5.41, 5.74) is -0.927. The fourth-order valence-electron chi connectivity index (χ4n) is 2.23. The van der Waals surface area contributed by atoms with E-state index in [1.165, 1.54) is 0 Å². The molecular weight excluding hydrogens is 162 g/mol. The van der Waals surface area contributed by atoms with Gasteiger partial charge in [0, 0.05) is 5.41 Å². The summed E-state index contributed by atoms with van der Waals surface area (Å²) >= 11 is 0. The molecule has 0 N–H and O–H groups in total. The molecule has 72 valence electrons. The lowest BCUT2D eigenvalue weighted by Gasteiger charge is -2.21. The van der Waals surface area contributed by atoms with Crippen LogP contribution in [0.1, 0.15) is 46.5 Å². The van der Waals surface area contributed by atoms with Crippen LogP contribution in [0.25, 0.3) is 0 Å². The monoisotopic (exact) mass is 179 g/mol.